The number of aliphatic hydroxyl groups is 2. The van der Waals surface area contributed by atoms with Crippen molar-refractivity contribution in [3.63, 3.8) is 0 Å². The lowest BCUT2D eigenvalue weighted by Crippen LogP contribution is -2.40. The molecule has 1 aromatic heterocycles. The van der Waals surface area contributed by atoms with Crippen LogP contribution < -0.4 is 5.32 Å². The first-order chi connectivity index (χ1) is 10.7. The van der Waals surface area contributed by atoms with E-state index in [1.165, 1.54) is 0 Å². The highest BCUT2D eigenvalue weighted by Crippen LogP contribution is 2.35. The lowest BCUT2D eigenvalue weighted by Gasteiger charge is -2.26. The Morgan fingerprint density at radius 1 is 1.30 bits per heavy atom. The van der Waals surface area contributed by atoms with Crippen LogP contribution in [0.5, 0.6) is 0 Å². The lowest BCUT2D eigenvalue weighted by atomic mass is 9.88. The van der Waals surface area contributed by atoms with E-state index < -0.39 is 6.10 Å². The summed E-state index contributed by atoms with van der Waals surface area (Å²) in [5.74, 6) is 0.918. The van der Waals surface area contributed by atoms with Gasteiger partial charge in [-0.05, 0) is 24.8 Å². The fraction of sp³-hybridized carbons (Fsp3) is 0.778. The van der Waals surface area contributed by atoms with Crippen molar-refractivity contribution in [1.29, 1.82) is 0 Å². The molecule has 1 saturated carbocycles. The molecule has 4 atom stereocenters. The third-order valence-electron chi connectivity index (χ3n) is 4.64. The Bertz CT molecular complexity index is 513. The van der Waals surface area contributed by atoms with Crippen LogP contribution in [-0.2, 0) is 11.8 Å². The largest absolute Gasteiger partial charge is 0.396 e. The average Bonchev–Trinajstić information content (AvgIpc) is 2.72. The summed E-state index contributed by atoms with van der Waals surface area (Å²) in [6, 6.07) is 2.50. The van der Waals surface area contributed by atoms with Gasteiger partial charge in [0.1, 0.15) is 5.82 Å². The molecule has 1 fully saturated rings. The molecule has 0 amide bonds. The molecule has 0 aromatic carbocycles. The van der Waals surface area contributed by atoms with Gasteiger partial charge < -0.3 is 15.5 Å². The molecule has 5 nitrogen and oxygen atoms in total. The van der Waals surface area contributed by atoms with Crippen molar-refractivity contribution >= 4 is 0 Å². The maximum absolute atomic E-state index is 10.3. The summed E-state index contributed by atoms with van der Waals surface area (Å²) in [5, 5.41) is 23.5. The van der Waals surface area contributed by atoms with E-state index in [1.54, 1.807) is 0 Å². The Morgan fingerprint density at radius 2 is 2.00 bits per heavy atom. The molecule has 0 bridgehead atoms. The van der Waals surface area contributed by atoms with Gasteiger partial charge in [0, 0.05) is 41.9 Å². The van der Waals surface area contributed by atoms with Crippen molar-refractivity contribution in [3.05, 3.63) is 23.8 Å². The summed E-state index contributed by atoms with van der Waals surface area (Å²) in [4.78, 5) is 9.09. The van der Waals surface area contributed by atoms with Gasteiger partial charge in [0.15, 0.2) is 0 Å². The molecule has 0 aliphatic heterocycles. The normalized spacial score (nSPS) is 28.5. The number of aromatic nitrogens is 2. The summed E-state index contributed by atoms with van der Waals surface area (Å²) in [6.07, 6.45) is 2.79. The number of hydrogen-bond acceptors (Lipinski definition) is 5. The standard InChI is InChI=1S/C18H31N3O2/c1-11(2)20-15-9-16(23)14(10-22)13(15)8-12-6-7-19-17(21-12)18(3,4)5/h6-7,11,13-16,20,22-23H,8-10H2,1-5H3. The Hall–Kier alpha value is -1.04. The molecule has 0 radical (unpaired) electrons. The van der Waals surface area contributed by atoms with Gasteiger partial charge >= 0.3 is 0 Å². The molecular weight excluding hydrogens is 290 g/mol. The van der Waals surface area contributed by atoms with E-state index >= 15 is 0 Å². The minimum atomic E-state index is -0.454. The van der Waals surface area contributed by atoms with Gasteiger partial charge in [-0.3, -0.25) is 0 Å². The monoisotopic (exact) mass is 321 g/mol. The molecule has 1 heterocycles. The molecule has 1 aromatic rings. The second kappa shape index (κ2) is 7.24. The summed E-state index contributed by atoms with van der Waals surface area (Å²) < 4.78 is 0. The SMILES string of the molecule is CC(C)NC1CC(O)C(CO)C1Cc1ccnc(C(C)(C)C)n1. The maximum atomic E-state index is 10.3. The van der Waals surface area contributed by atoms with Crippen molar-refractivity contribution in [2.45, 2.75) is 71.1 Å². The van der Waals surface area contributed by atoms with Gasteiger partial charge in [0.05, 0.1) is 6.10 Å². The van der Waals surface area contributed by atoms with Crippen LogP contribution in [0, 0.1) is 11.8 Å². The Balaban J connectivity index is 2.20. The van der Waals surface area contributed by atoms with Crippen molar-refractivity contribution in [2.24, 2.45) is 11.8 Å². The number of aliphatic hydroxyl groups excluding tert-OH is 2. The van der Waals surface area contributed by atoms with E-state index in [9.17, 15) is 10.2 Å². The Kier molecular flexibility index (Phi) is 5.76. The van der Waals surface area contributed by atoms with Gasteiger partial charge in [-0.1, -0.05) is 34.6 Å². The molecule has 1 aliphatic rings. The molecular formula is C18H31N3O2. The molecule has 0 saturated heterocycles. The highest BCUT2D eigenvalue weighted by atomic mass is 16.3. The summed E-state index contributed by atoms with van der Waals surface area (Å²) in [7, 11) is 0. The number of nitrogens with one attached hydrogen (secondary N) is 1. The predicted octanol–water partition coefficient (Wildman–Crippen LogP) is 1.67. The van der Waals surface area contributed by atoms with Crippen molar-refractivity contribution in [3.8, 4) is 0 Å². The number of nitrogens with zero attached hydrogens (tertiary/aromatic N) is 2. The van der Waals surface area contributed by atoms with Crippen LogP contribution >= 0.6 is 0 Å². The Labute approximate surface area is 139 Å². The molecule has 3 N–H and O–H groups in total. The molecule has 130 valence electrons. The zero-order valence-electron chi connectivity index (χ0n) is 15.0. The van der Waals surface area contributed by atoms with E-state index in [0.717, 1.165) is 17.9 Å². The van der Waals surface area contributed by atoms with Crippen LogP contribution in [0.1, 0.15) is 52.6 Å². The number of hydrogen-bond donors (Lipinski definition) is 3. The topological polar surface area (TPSA) is 78.3 Å². The molecule has 23 heavy (non-hydrogen) atoms. The second-order valence-electron chi connectivity index (χ2n) is 8.07. The van der Waals surface area contributed by atoms with Crippen LogP contribution in [0.3, 0.4) is 0 Å². The van der Waals surface area contributed by atoms with Gasteiger partial charge in [-0.15, -0.1) is 0 Å². The Morgan fingerprint density at radius 3 is 2.57 bits per heavy atom. The summed E-state index contributed by atoms with van der Waals surface area (Å²) in [6.45, 7) is 10.5. The lowest BCUT2D eigenvalue weighted by molar-refractivity contribution is 0.0715. The second-order valence-corrected chi connectivity index (χ2v) is 8.07. The molecule has 1 aliphatic carbocycles. The van der Waals surface area contributed by atoms with Crippen molar-refractivity contribution in [2.75, 3.05) is 6.61 Å². The molecule has 2 rings (SSSR count). The van der Waals surface area contributed by atoms with Gasteiger partial charge in [0.25, 0.3) is 0 Å². The van der Waals surface area contributed by atoms with Crippen LogP contribution in [0.2, 0.25) is 0 Å². The summed E-state index contributed by atoms with van der Waals surface area (Å²) in [5.41, 5.74) is 0.898. The van der Waals surface area contributed by atoms with Crippen LogP contribution in [-0.4, -0.2) is 45.0 Å². The zero-order chi connectivity index (χ0) is 17.2. The van der Waals surface area contributed by atoms with E-state index in [0.29, 0.717) is 12.5 Å². The minimum absolute atomic E-state index is 0.0132. The highest BCUT2D eigenvalue weighted by molar-refractivity contribution is 5.11. The smallest absolute Gasteiger partial charge is 0.133 e. The van der Waals surface area contributed by atoms with Crippen molar-refractivity contribution < 1.29 is 10.2 Å². The zero-order valence-corrected chi connectivity index (χ0v) is 15.0. The third-order valence-corrected chi connectivity index (χ3v) is 4.64. The molecule has 0 spiro atoms. The third kappa shape index (κ3) is 4.49. The van der Waals surface area contributed by atoms with E-state index in [-0.39, 0.29) is 29.9 Å². The van der Waals surface area contributed by atoms with E-state index in [1.807, 2.05) is 12.3 Å². The minimum Gasteiger partial charge on any atom is -0.396 e. The fourth-order valence-corrected chi connectivity index (χ4v) is 3.48. The van der Waals surface area contributed by atoms with Crippen LogP contribution in [0.4, 0.5) is 0 Å². The van der Waals surface area contributed by atoms with Gasteiger partial charge in [-0.25, -0.2) is 9.97 Å². The predicted molar refractivity (Wildman–Crippen MR) is 91.2 cm³/mol. The summed E-state index contributed by atoms with van der Waals surface area (Å²) >= 11 is 0. The van der Waals surface area contributed by atoms with Gasteiger partial charge in [0.2, 0.25) is 0 Å². The maximum Gasteiger partial charge on any atom is 0.133 e. The molecule has 4 unspecified atom stereocenters. The van der Waals surface area contributed by atoms with Crippen LogP contribution in [0.15, 0.2) is 12.3 Å². The molecule has 5 heteroatoms. The van der Waals surface area contributed by atoms with E-state index in [2.05, 4.69) is 44.9 Å². The number of rotatable bonds is 5. The first kappa shape index (κ1) is 18.3. The van der Waals surface area contributed by atoms with E-state index in [4.69, 9.17) is 4.98 Å². The quantitative estimate of drug-likeness (QED) is 0.769. The van der Waals surface area contributed by atoms with Crippen molar-refractivity contribution in [1.82, 2.24) is 15.3 Å². The van der Waals surface area contributed by atoms with Crippen LogP contribution in [0.25, 0.3) is 0 Å². The van der Waals surface area contributed by atoms with Gasteiger partial charge in [-0.2, -0.15) is 0 Å². The first-order valence-corrected chi connectivity index (χ1v) is 8.59. The first-order valence-electron chi connectivity index (χ1n) is 8.59. The average molecular weight is 321 g/mol. The fourth-order valence-electron chi connectivity index (χ4n) is 3.48. The highest BCUT2D eigenvalue weighted by Gasteiger charge is 2.42.